The van der Waals surface area contributed by atoms with Gasteiger partial charge in [0.05, 0.1) is 8.59 Å². The van der Waals surface area contributed by atoms with Crippen molar-refractivity contribution in [3.8, 4) is 0 Å². The summed E-state index contributed by atoms with van der Waals surface area (Å²) in [5.74, 6) is 0. The first-order valence-corrected chi connectivity index (χ1v) is 4.43. The third-order valence-corrected chi connectivity index (χ3v) is 2.33. The lowest BCUT2D eigenvalue weighted by Gasteiger charge is -2.07. The molecule has 1 heterocycles. The van der Waals surface area contributed by atoms with Crippen LogP contribution in [-0.4, -0.2) is 4.98 Å². The largest absolute Gasteiger partial charge is 0.432 e. The lowest BCUT2D eigenvalue weighted by molar-refractivity contribution is -0.141. The smallest absolute Gasteiger partial charge is 0.316 e. The Morgan fingerprint density at radius 3 is 2.46 bits per heavy atom. The molecule has 7 heteroatoms. The van der Waals surface area contributed by atoms with E-state index in [1.165, 1.54) is 0 Å². The highest BCUT2D eigenvalue weighted by atomic mass is 127. The average Bonchev–Trinajstić information content (AvgIpc) is 1.94. The molecule has 0 atom stereocenters. The van der Waals surface area contributed by atoms with Crippen LogP contribution in [-0.2, 0) is 6.18 Å². The van der Waals surface area contributed by atoms with Gasteiger partial charge in [-0.3, -0.25) is 4.79 Å². The number of nitrogens with one attached hydrogen (secondary N) is 1. The van der Waals surface area contributed by atoms with Crippen molar-refractivity contribution in [2.75, 3.05) is 0 Å². The fraction of sp³-hybridized carbons (Fsp3) is 0.167. The minimum atomic E-state index is -4.62. The molecule has 0 spiro atoms. The number of pyridine rings is 1. The van der Waals surface area contributed by atoms with Crippen molar-refractivity contribution >= 4 is 34.2 Å². The minimum Gasteiger partial charge on any atom is -0.316 e. The van der Waals surface area contributed by atoms with E-state index in [1.807, 2.05) is 0 Å². The fourth-order valence-corrected chi connectivity index (χ4v) is 1.58. The molecule has 0 fully saturated rings. The molecule has 13 heavy (non-hydrogen) atoms. The highest BCUT2D eigenvalue weighted by Gasteiger charge is 2.34. The summed E-state index contributed by atoms with van der Waals surface area (Å²) in [7, 11) is 0. The Balaban J connectivity index is 3.41. The first-order chi connectivity index (χ1) is 5.82. The predicted molar refractivity (Wildman–Crippen MR) is 49.8 cm³/mol. The number of halogens is 5. The van der Waals surface area contributed by atoms with Crippen molar-refractivity contribution in [1.29, 1.82) is 0 Å². The Labute approximate surface area is 89.2 Å². The van der Waals surface area contributed by atoms with Crippen LogP contribution in [0, 0.1) is 3.57 Å². The normalized spacial score (nSPS) is 11.8. The van der Waals surface area contributed by atoms with Crippen LogP contribution in [0.15, 0.2) is 10.9 Å². The first kappa shape index (κ1) is 10.8. The van der Waals surface area contributed by atoms with Crippen LogP contribution in [0.1, 0.15) is 5.69 Å². The van der Waals surface area contributed by atoms with Crippen LogP contribution >= 0.6 is 34.2 Å². The molecule has 0 saturated heterocycles. The van der Waals surface area contributed by atoms with Gasteiger partial charge in [-0.05, 0) is 28.7 Å². The Morgan fingerprint density at radius 2 is 2.00 bits per heavy atom. The van der Waals surface area contributed by atoms with Crippen LogP contribution in [0.3, 0.4) is 0 Å². The molecule has 1 N–H and O–H groups in total. The topological polar surface area (TPSA) is 32.9 Å². The van der Waals surface area contributed by atoms with Crippen molar-refractivity contribution in [3.63, 3.8) is 0 Å². The van der Waals surface area contributed by atoms with Gasteiger partial charge in [0.1, 0.15) is 5.69 Å². The number of aromatic nitrogens is 1. The molecular weight excluding hydrogens is 321 g/mol. The van der Waals surface area contributed by atoms with Crippen LogP contribution in [0.5, 0.6) is 0 Å². The fourth-order valence-electron chi connectivity index (χ4n) is 0.688. The zero-order valence-electron chi connectivity index (χ0n) is 5.88. The quantitative estimate of drug-likeness (QED) is 0.732. The summed E-state index contributed by atoms with van der Waals surface area (Å²) in [5.41, 5.74) is -2.00. The second-order valence-corrected chi connectivity index (χ2v) is 3.74. The number of rotatable bonds is 0. The molecule has 1 rings (SSSR count). The van der Waals surface area contributed by atoms with Crippen molar-refractivity contribution in [2.45, 2.75) is 6.18 Å². The van der Waals surface area contributed by atoms with E-state index >= 15 is 0 Å². The molecule has 0 aliphatic heterocycles. The van der Waals surface area contributed by atoms with E-state index in [4.69, 9.17) is 11.6 Å². The van der Waals surface area contributed by atoms with Crippen molar-refractivity contribution < 1.29 is 13.2 Å². The Hall–Kier alpha value is -0.240. The molecule has 0 bridgehead atoms. The Morgan fingerprint density at radius 1 is 1.46 bits per heavy atom. The molecule has 0 amide bonds. The zero-order valence-corrected chi connectivity index (χ0v) is 8.79. The van der Waals surface area contributed by atoms with Crippen LogP contribution in [0.25, 0.3) is 0 Å². The van der Waals surface area contributed by atoms with E-state index < -0.39 is 22.5 Å². The van der Waals surface area contributed by atoms with Crippen molar-refractivity contribution in [3.05, 3.63) is 30.7 Å². The third kappa shape index (κ3) is 2.37. The molecule has 0 aromatic carbocycles. The average molecular weight is 323 g/mol. The van der Waals surface area contributed by atoms with Crippen LogP contribution in [0.2, 0.25) is 5.02 Å². The van der Waals surface area contributed by atoms with E-state index in [-0.39, 0.29) is 3.57 Å². The monoisotopic (exact) mass is 323 g/mol. The summed E-state index contributed by atoms with van der Waals surface area (Å²) < 4.78 is 36.4. The highest BCUT2D eigenvalue weighted by Crippen LogP contribution is 2.32. The summed E-state index contributed by atoms with van der Waals surface area (Å²) in [5, 5.41) is -0.503. The van der Waals surface area contributed by atoms with Crippen molar-refractivity contribution in [1.82, 2.24) is 4.98 Å². The highest BCUT2D eigenvalue weighted by molar-refractivity contribution is 14.1. The maximum atomic E-state index is 12.1. The van der Waals surface area contributed by atoms with E-state index in [0.717, 1.165) is 6.07 Å². The van der Waals surface area contributed by atoms with Gasteiger partial charge in [-0.25, -0.2) is 0 Å². The van der Waals surface area contributed by atoms with Crippen LogP contribution < -0.4 is 5.56 Å². The first-order valence-electron chi connectivity index (χ1n) is 2.98. The summed E-state index contributed by atoms with van der Waals surface area (Å²) in [6, 6.07) is 0.976. The van der Waals surface area contributed by atoms with Crippen LogP contribution in [0.4, 0.5) is 13.2 Å². The predicted octanol–water partition coefficient (Wildman–Crippen LogP) is 2.65. The molecule has 1 aromatic rings. The number of alkyl halides is 3. The SMILES string of the molecule is O=c1[nH]c(C(F)(F)F)c(Cl)cc1I. The molecule has 1 aromatic heterocycles. The molecule has 2 nitrogen and oxygen atoms in total. The van der Waals surface area contributed by atoms with E-state index in [0.29, 0.717) is 0 Å². The second-order valence-electron chi connectivity index (χ2n) is 2.17. The number of hydrogen-bond acceptors (Lipinski definition) is 1. The Kier molecular flexibility index (Phi) is 2.91. The maximum Gasteiger partial charge on any atom is 0.432 e. The second kappa shape index (κ2) is 3.49. The van der Waals surface area contributed by atoms with Crippen molar-refractivity contribution in [2.24, 2.45) is 0 Å². The van der Waals surface area contributed by atoms with Gasteiger partial charge in [-0.1, -0.05) is 11.6 Å². The molecule has 0 saturated carbocycles. The van der Waals surface area contributed by atoms with Gasteiger partial charge in [-0.2, -0.15) is 13.2 Å². The summed E-state index contributed by atoms with van der Waals surface area (Å²) in [6.07, 6.45) is -4.62. The third-order valence-electron chi connectivity index (χ3n) is 1.23. The number of H-pyrrole nitrogens is 1. The summed E-state index contributed by atoms with van der Waals surface area (Å²) in [6.45, 7) is 0. The van der Waals surface area contributed by atoms with E-state index in [9.17, 15) is 18.0 Å². The number of aromatic amines is 1. The summed E-state index contributed by atoms with van der Waals surface area (Å²) in [4.78, 5) is 12.5. The number of hydrogen-bond donors (Lipinski definition) is 1. The maximum absolute atomic E-state index is 12.1. The Bertz CT molecular complexity index is 386. The van der Waals surface area contributed by atoms with Gasteiger partial charge in [-0.15, -0.1) is 0 Å². The van der Waals surface area contributed by atoms with Gasteiger partial charge in [0.15, 0.2) is 0 Å². The van der Waals surface area contributed by atoms with E-state index in [2.05, 4.69) is 0 Å². The lowest BCUT2D eigenvalue weighted by atomic mass is 10.3. The zero-order chi connectivity index (χ0) is 10.2. The van der Waals surface area contributed by atoms with Gasteiger partial charge < -0.3 is 4.98 Å². The molecular formula is C6H2ClF3INO. The van der Waals surface area contributed by atoms with Gasteiger partial charge >= 0.3 is 6.18 Å². The van der Waals surface area contributed by atoms with Gasteiger partial charge in [0.25, 0.3) is 5.56 Å². The molecule has 0 aliphatic rings. The lowest BCUT2D eigenvalue weighted by Crippen LogP contribution is -2.18. The van der Waals surface area contributed by atoms with Gasteiger partial charge in [0, 0.05) is 0 Å². The minimum absolute atomic E-state index is 0.121. The van der Waals surface area contributed by atoms with Gasteiger partial charge in [0.2, 0.25) is 0 Å². The molecule has 72 valence electrons. The molecule has 0 unspecified atom stereocenters. The molecule has 0 aliphatic carbocycles. The standard InChI is InChI=1S/C6H2ClF3INO/c7-2-1-3(11)5(13)12-4(2)6(8,9)10/h1H,(H,12,13). The summed E-state index contributed by atoms with van der Waals surface area (Å²) >= 11 is 6.89. The van der Waals surface area contributed by atoms with E-state index in [1.54, 1.807) is 27.6 Å². The molecule has 0 radical (unpaired) electrons.